The molecular formula is C24H14F7N5+2. The van der Waals surface area contributed by atoms with Gasteiger partial charge in [-0.25, -0.2) is 9.37 Å². The van der Waals surface area contributed by atoms with Crippen LogP contribution in [0.15, 0.2) is 48.7 Å². The Morgan fingerprint density at radius 2 is 1.56 bits per heavy atom. The van der Waals surface area contributed by atoms with E-state index in [1.807, 2.05) is 13.8 Å². The van der Waals surface area contributed by atoms with Crippen molar-refractivity contribution >= 4 is 0 Å². The van der Waals surface area contributed by atoms with Crippen molar-refractivity contribution in [3.63, 3.8) is 0 Å². The molecule has 7 heterocycles. The average Bonchev–Trinajstić information content (AvgIpc) is 3.43. The van der Waals surface area contributed by atoms with Gasteiger partial charge < -0.3 is 0 Å². The molecule has 0 saturated heterocycles. The summed E-state index contributed by atoms with van der Waals surface area (Å²) < 4.78 is 102. The van der Waals surface area contributed by atoms with Crippen molar-refractivity contribution in [3.05, 3.63) is 88.5 Å². The predicted octanol–water partition coefficient (Wildman–Crippen LogP) is 4.25. The Hall–Kier alpha value is -3.83. The van der Waals surface area contributed by atoms with Gasteiger partial charge in [0, 0.05) is 30.5 Å². The molecular weight excluding hydrogens is 491 g/mol. The molecule has 1 spiro atoms. The molecule has 0 amide bonds. The molecule has 0 N–H and O–H groups in total. The fourth-order valence-corrected chi connectivity index (χ4v) is 5.95. The highest BCUT2D eigenvalue weighted by molar-refractivity contribution is 5.68. The third-order valence-electron chi connectivity index (χ3n) is 7.37. The van der Waals surface area contributed by atoms with Crippen LogP contribution >= 0.6 is 0 Å². The first-order chi connectivity index (χ1) is 16.8. The van der Waals surface area contributed by atoms with E-state index < -0.39 is 46.1 Å². The van der Waals surface area contributed by atoms with E-state index in [-0.39, 0.29) is 22.9 Å². The van der Waals surface area contributed by atoms with Gasteiger partial charge in [-0.3, -0.25) is 0 Å². The number of hydrogen-bond acceptors (Lipinski definition) is 2. The van der Waals surface area contributed by atoms with E-state index >= 15 is 4.39 Å². The van der Waals surface area contributed by atoms with Crippen molar-refractivity contribution in [1.29, 1.82) is 0 Å². The normalized spacial score (nSPS) is 20.1. The van der Waals surface area contributed by atoms with Crippen LogP contribution in [0.5, 0.6) is 0 Å². The summed E-state index contributed by atoms with van der Waals surface area (Å²) in [5.41, 5.74) is -4.39. The molecule has 36 heavy (non-hydrogen) atoms. The second-order valence-electron chi connectivity index (χ2n) is 9.57. The molecule has 4 aromatic heterocycles. The van der Waals surface area contributed by atoms with Crippen molar-refractivity contribution in [1.82, 2.24) is 14.8 Å². The molecule has 0 saturated carbocycles. The highest BCUT2D eigenvalue weighted by Gasteiger charge is 2.75. The van der Waals surface area contributed by atoms with Crippen molar-refractivity contribution in [2.45, 2.75) is 37.3 Å². The average molecular weight is 505 g/mol. The molecule has 0 aliphatic carbocycles. The highest BCUT2D eigenvalue weighted by Crippen LogP contribution is 2.50. The van der Waals surface area contributed by atoms with Crippen LogP contribution in [0.4, 0.5) is 30.7 Å². The van der Waals surface area contributed by atoms with Gasteiger partial charge in [0.25, 0.3) is 5.69 Å². The third-order valence-corrected chi connectivity index (χ3v) is 7.37. The SMILES string of the molecule is CC1(C)c2cccc3[n+]2[C@]2(c4ncc(C(F)(F)F)c(F)c4-3)c3cc(C(F)(F)F)nn3-c3cccc1[n+]32. The summed E-state index contributed by atoms with van der Waals surface area (Å²) in [5.74, 6) is -1.27. The summed E-state index contributed by atoms with van der Waals surface area (Å²) in [6.45, 7) is 3.77. The molecule has 4 aromatic rings. The highest BCUT2D eigenvalue weighted by atomic mass is 19.4. The van der Waals surface area contributed by atoms with Crippen LogP contribution in [0.2, 0.25) is 0 Å². The van der Waals surface area contributed by atoms with Crippen LogP contribution in [0, 0.1) is 5.82 Å². The molecule has 0 radical (unpaired) electrons. The molecule has 3 aliphatic rings. The molecule has 0 aromatic carbocycles. The lowest BCUT2D eigenvalue weighted by Crippen LogP contribution is -2.79. The third kappa shape index (κ3) is 2.15. The van der Waals surface area contributed by atoms with Crippen LogP contribution in [-0.4, -0.2) is 14.8 Å². The monoisotopic (exact) mass is 505 g/mol. The second kappa shape index (κ2) is 5.93. The molecule has 3 aliphatic heterocycles. The van der Waals surface area contributed by atoms with E-state index in [2.05, 4.69) is 10.1 Å². The fraction of sp³-hybridized carbons (Fsp3) is 0.250. The number of hydrogen-bond donors (Lipinski definition) is 0. The Morgan fingerprint density at radius 1 is 0.889 bits per heavy atom. The topological polar surface area (TPSA) is 38.5 Å². The standard InChI is InChI=1S/C24H14F7N5/c1-21(2)14-6-3-5-12-18-19(25)11(23(26,27)28)10-32-20(18)22(34(12)14)16-9-13(24(29,30)31)33-36(16)17-8-4-7-15(21)35(17)22/h3-10H,1-2H3/q+2/t22-/m1/s1. The Kier molecular flexibility index (Phi) is 3.53. The van der Waals surface area contributed by atoms with Crippen LogP contribution in [0.25, 0.3) is 17.1 Å². The minimum Gasteiger partial charge on any atom is -0.247 e. The number of fused-ring (bicyclic) bond motifs is 4. The molecule has 182 valence electrons. The number of alkyl halides is 6. The molecule has 12 heteroatoms. The van der Waals surface area contributed by atoms with Gasteiger partial charge in [-0.1, -0.05) is 15.8 Å². The first-order valence-electron chi connectivity index (χ1n) is 10.9. The van der Waals surface area contributed by atoms with E-state index in [1.165, 1.54) is 6.07 Å². The maximum absolute atomic E-state index is 15.7. The molecule has 0 bridgehead atoms. The zero-order chi connectivity index (χ0) is 25.6. The number of aromatic nitrogens is 5. The van der Waals surface area contributed by atoms with Crippen LogP contribution < -0.4 is 9.13 Å². The first-order valence-corrected chi connectivity index (χ1v) is 10.9. The van der Waals surface area contributed by atoms with Gasteiger partial charge in [-0.05, 0) is 26.0 Å². The van der Waals surface area contributed by atoms with Crippen LogP contribution in [0.3, 0.4) is 0 Å². The van der Waals surface area contributed by atoms with Gasteiger partial charge in [0.05, 0.1) is 0 Å². The molecule has 1 atom stereocenters. The first kappa shape index (κ1) is 21.5. The van der Waals surface area contributed by atoms with E-state index in [1.54, 1.807) is 39.5 Å². The smallest absolute Gasteiger partial charge is 0.247 e. The summed E-state index contributed by atoms with van der Waals surface area (Å²) in [5, 5.41) is 3.82. The summed E-state index contributed by atoms with van der Waals surface area (Å²) in [4.78, 5) is 4.10. The lowest BCUT2D eigenvalue weighted by molar-refractivity contribution is -0.973. The number of halogens is 7. The van der Waals surface area contributed by atoms with Gasteiger partial charge in [0.15, 0.2) is 17.2 Å². The quantitative estimate of drug-likeness (QED) is 0.229. The van der Waals surface area contributed by atoms with Crippen molar-refractivity contribution < 1.29 is 39.9 Å². The largest absolute Gasteiger partial charge is 0.437 e. The van der Waals surface area contributed by atoms with Crippen molar-refractivity contribution in [3.8, 4) is 17.1 Å². The van der Waals surface area contributed by atoms with Crippen LogP contribution in [-0.2, 0) is 23.4 Å². The Labute approximate surface area is 198 Å². The Balaban J connectivity index is 1.73. The molecule has 5 nitrogen and oxygen atoms in total. The zero-order valence-electron chi connectivity index (χ0n) is 18.5. The minimum atomic E-state index is -5.01. The van der Waals surface area contributed by atoms with Gasteiger partial charge in [0.1, 0.15) is 22.2 Å². The van der Waals surface area contributed by atoms with Gasteiger partial charge in [-0.2, -0.15) is 30.9 Å². The number of nitrogens with zero attached hydrogens (tertiary/aromatic N) is 5. The van der Waals surface area contributed by atoms with Gasteiger partial charge in [0.2, 0.25) is 11.4 Å². The molecule has 0 fully saturated rings. The molecule has 7 rings (SSSR count). The van der Waals surface area contributed by atoms with Gasteiger partial charge >= 0.3 is 23.8 Å². The van der Waals surface area contributed by atoms with E-state index in [4.69, 9.17) is 0 Å². The van der Waals surface area contributed by atoms with E-state index in [0.29, 0.717) is 17.6 Å². The number of pyridine rings is 3. The van der Waals surface area contributed by atoms with E-state index in [0.717, 1.165) is 10.7 Å². The second-order valence-corrected chi connectivity index (χ2v) is 9.57. The lowest BCUT2D eigenvalue weighted by Gasteiger charge is -2.33. The summed E-state index contributed by atoms with van der Waals surface area (Å²) in [6.07, 6.45) is -9.39. The van der Waals surface area contributed by atoms with Gasteiger partial charge in [-0.15, -0.1) is 4.57 Å². The maximum atomic E-state index is 15.7. The summed E-state index contributed by atoms with van der Waals surface area (Å²) in [7, 11) is 0. The number of rotatable bonds is 0. The lowest BCUT2D eigenvalue weighted by atomic mass is 9.80. The summed E-state index contributed by atoms with van der Waals surface area (Å²) in [6, 6.07) is 10.7. The van der Waals surface area contributed by atoms with Crippen molar-refractivity contribution in [2.24, 2.45) is 0 Å². The maximum Gasteiger partial charge on any atom is 0.437 e. The fourth-order valence-electron chi connectivity index (χ4n) is 5.95. The Bertz CT molecular complexity index is 1660. The molecule has 0 unspecified atom stereocenters. The zero-order valence-corrected chi connectivity index (χ0v) is 18.5. The van der Waals surface area contributed by atoms with Crippen LogP contribution in [0.1, 0.15) is 47.9 Å². The minimum absolute atomic E-state index is 0.00174. The van der Waals surface area contributed by atoms with E-state index in [9.17, 15) is 26.3 Å². The Morgan fingerprint density at radius 3 is 2.22 bits per heavy atom. The van der Waals surface area contributed by atoms with Crippen molar-refractivity contribution in [2.75, 3.05) is 0 Å². The summed E-state index contributed by atoms with van der Waals surface area (Å²) >= 11 is 0. The predicted molar refractivity (Wildman–Crippen MR) is 107 cm³/mol.